The van der Waals surface area contributed by atoms with E-state index >= 15 is 0 Å². The average Bonchev–Trinajstić information content (AvgIpc) is 3.81. The van der Waals surface area contributed by atoms with Crippen LogP contribution in [0.1, 0.15) is 72.3 Å². The van der Waals surface area contributed by atoms with Crippen LogP contribution in [0.4, 0.5) is 0 Å². The van der Waals surface area contributed by atoms with Crippen LogP contribution in [-0.4, -0.2) is 76.3 Å². The number of Topliss-reactive ketones (excluding diaryl/α,β-unsaturated/α-hetero) is 1. The summed E-state index contributed by atoms with van der Waals surface area (Å²) >= 11 is 0. The quantitative estimate of drug-likeness (QED) is 0.343. The molecule has 4 aliphatic carbocycles. The molecule has 8 rings (SSSR count). The molecule has 39 heavy (non-hydrogen) atoms. The Bertz CT molecular complexity index is 1370. The number of hydrogen-bond acceptors (Lipinski definition) is 5. The van der Waals surface area contributed by atoms with E-state index in [0.29, 0.717) is 42.1 Å². The van der Waals surface area contributed by atoms with E-state index in [0.717, 1.165) is 74.7 Å². The van der Waals surface area contributed by atoms with Gasteiger partial charge in [-0.2, -0.15) is 0 Å². The largest absolute Gasteiger partial charge is 0.381 e. The monoisotopic (exact) mass is 526 g/mol. The molecule has 0 N–H and O–H groups in total. The number of ether oxygens (including phenoxy) is 1. The fourth-order valence-electron chi connectivity index (χ4n) is 9.04. The van der Waals surface area contributed by atoms with Crippen molar-refractivity contribution < 1.29 is 14.3 Å². The highest BCUT2D eigenvalue weighted by Gasteiger charge is 2.71. The molecule has 204 valence electrons. The van der Waals surface area contributed by atoms with Crippen molar-refractivity contribution in [1.29, 1.82) is 0 Å². The molecule has 2 aromatic heterocycles. The van der Waals surface area contributed by atoms with Crippen LogP contribution in [-0.2, 0) is 4.74 Å². The lowest BCUT2D eigenvalue weighted by atomic mass is 9.83. The first-order chi connectivity index (χ1) is 19.1. The summed E-state index contributed by atoms with van der Waals surface area (Å²) in [5.41, 5.74) is 2.23. The number of carbonyl (C=O) groups is 2. The minimum atomic E-state index is -0.189. The second-order valence-corrected chi connectivity index (χ2v) is 13.2. The summed E-state index contributed by atoms with van der Waals surface area (Å²) < 4.78 is 7.25. The molecule has 4 saturated carbocycles. The van der Waals surface area contributed by atoms with Crippen molar-refractivity contribution in [2.45, 2.75) is 57.4 Å². The molecule has 6 aliphatic rings. The summed E-state index contributed by atoms with van der Waals surface area (Å²) in [6.07, 6.45) is 11.8. The number of nitrogens with zero attached hydrogens (tertiary/aromatic N) is 4. The molecular weight excluding hydrogens is 488 g/mol. The van der Waals surface area contributed by atoms with Crippen molar-refractivity contribution in [2.75, 3.05) is 39.4 Å². The van der Waals surface area contributed by atoms with Gasteiger partial charge in [0.05, 0.1) is 0 Å². The summed E-state index contributed by atoms with van der Waals surface area (Å²) in [5, 5.41) is 0. The minimum Gasteiger partial charge on any atom is -0.381 e. The van der Waals surface area contributed by atoms with E-state index in [-0.39, 0.29) is 11.7 Å². The molecule has 4 heterocycles. The van der Waals surface area contributed by atoms with Crippen LogP contribution in [0.2, 0.25) is 0 Å². The van der Waals surface area contributed by atoms with Crippen LogP contribution < -0.4 is 0 Å². The molecule has 7 heteroatoms. The molecule has 1 spiro atoms. The van der Waals surface area contributed by atoms with Gasteiger partial charge in [0.25, 0.3) is 11.7 Å². The SMILES string of the molecule is O=C(C#CC[C@@H]1CC2C[C@@H]2C23CC1CC2C3)c1cccc2nc(C(=O)N3CCN(C4CCOCC4)CC3)cn12. The Labute approximate surface area is 230 Å². The molecule has 7 nitrogen and oxygen atoms in total. The lowest BCUT2D eigenvalue weighted by molar-refractivity contribution is 0.0136. The van der Waals surface area contributed by atoms with Gasteiger partial charge in [0.2, 0.25) is 0 Å². The molecule has 6 atom stereocenters. The fourth-order valence-corrected chi connectivity index (χ4v) is 9.04. The molecule has 4 unspecified atom stereocenters. The Morgan fingerprint density at radius 3 is 2.72 bits per heavy atom. The molecule has 0 aromatic carbocycles. The Balaban J connectivity index is 0.934. The molecular formula is C32H38N4O3. The average molecular weight is 527 g/mol. The number of rotatable bonds is 4. The first-order valence-electron chi connectivity index (χ1n) is 15.2. The molecule has 0 radical (unpaired) electrons. The summed E-state index contributed by atoms with van der Waals surface area (Å²) in [5.74, 6) is 10.4. The number of ketones is 1. The highest BCUT2D eigenvalue weighted by molar-refractivity contribution is 6.08. The second kappa shape index (κ2) is 9.17. The second-order valence-electron chi connectivity index (χ2n) is 13.2. The van der Waals surface area contributed by atoms with Crippen LogP contribution >= 0.6 is 0 Å². The summed E-state index contributed by atoms with van der Waals surface area (Å²) in [6.45, 7) is 4.83. The third-order valence-electron chi connectivity index (χ3n) is 11.3. The maximum Gasteiger partial charge on any atom is 0.274 e. The van der Waals surface area contributed by atoms with Gasteiger partial charge in [-0.15, -0.1) is 0 Å². The molecule has 2 bridgehead atoms. The Hall–Kier alpha value is -2.69. The highest BCUT2D eigenvalue weighted by atomic mass is 16.5. The van der Waals surface area contributed by atoms with Crippen molar-refractivity contribution in [3.63, 3.8) is 0 Å². The molecule has 1 amide bonds. The zero-order valence-corrected chi connectivity index (χ0v) is 22.7. The highest BCUT2D eigenvalue weighted by Crippen LogP contribution is 2.79. The van der Waals surface area contributed by atoms with Crippen molar-refractivity contribution in [2.24, 2.45) is 35.0 Å². The first-order valence-corrected chi connectivity index (χ1v) is 15.2. The third-order valence-corrected chi connectivity index (χ3v) is 11.3. The third kappa shape index (κ3) is 4.14. The van der Waals surface area contributed by atoms with Gasteiger partial charge in [0, 0.05) is 58.1 Å². The lowest BCUT2D eigenvalue weighted by Crippen LogP contribution is -2.53. The van der Waals surface area contributed by atoms with E-state index in [4.69, 9.17) is 4.74 Å². The van der Waals surface area contributed by atoms with Crippen molar-refractivity contribution in [3.05, 3.63) is 35.8 Å². The summed E-state index contributed by atoms with van der Waals surface area (Å²) in [7, 11) is 0. The van der Waals surface area contributed by atoms with Gasteiger partial charge in [0.1, 0.15) is 17.0 Å². The van der Waals surface area contributed by atoms with Gasteiger partial charge >= 0.3 is 0 Å². The first kappa shape index (κ1) is 24.1. The topological polar surface area (TPSA) is 67.2 Å². The predicted molar refractivity (Wildman–Crippen MR) is 146 cm³/mol. The lowest BCUT2D eigenvalue weighted by Gasteiger charge is -2.40. The number of fused-ring (bicyclic) bond motifs is 3. The van der Waals surface area contributed by atoms with Crippen LogP contribution in [0.15, 0.2) is 24.4 Å². The maximum atomic E-state index is 13.3. The number of imidazole rings is 1. The maximum absolute atomic E-state index is 13.3. The Morgan fingerprint density at radius 1 is 1.03 bits per heavy atom. The number of pyridine rings is 1. The van der Waals surface area contributed by atoms with E-state index in [9.17, 15) is 9.59 Å². The van der Waals surface area contributed by atoms with Crippen LogP contribution in [0.3, 0.4) is 0 Å². The van der Waals surface area contributed by atoms with E-state index < -0.39 is 0 Å². The standard InChI is InChI=1S/C32H38N4O3/c37-29(5-1-3-21-15-22-17-26(22)32-18-23(21)16-24(32)19-32)28-4-2-6-30-33-27(20-36(28)30)31(38)35-11-9-34(10-12-35)25-7-13-39-14-8-25/h2,4,6,20-26H,3,7-19H2/t21-,22?,23?,24?,26+,32?/m1/s1. The normalized spacial score (nSPS) is 35.5. The Kier molecular flexibility index (Phi) is 5.68. The van der Waals surface area contributed by atoms with Crippen LogP contribution in [0.5, 0.6) is 0 Å². The van der Waals surface area contributed by atoms with Gasteiger partial charge in [0.15, 0.2) is 0 Å². The predicted octanol–water partition coefficient (Wildman–Crippen LogP) is 3.92. The number of carbonyl (C=O) groups excluding carboxylic acids is 2. The number of hydrogen-bond donors (Lipinski definition) is 0. The minimum absolute atomic E-state index is 0.0612. The van der Waals surface area contributed by atoms with Gasteiger partial charge < -0.3 is 9.64 Å². The number of amides is 1. The number of piperazine rings is 1. The van der Waals surface area contributed by atoms with Gasteiger partial charge in [-0.05, 0) is 98.0 Å². The zero-order chi connectivity index (χ0) is 26.1. The van der Waals surface area contributed by atoms with E-state index in [1.54, 1.807) is 16.7 Å². The van der Waals surface area contributed by atoms with Crippen molar-refractivity contribution in [3.8, 4) is 11.8 Å². The smallest absolute Gasteiger partial charge is 0.274 e. The van der Waals surface area contributed by atoms with Crippen molar-refractivity contribution >= 4 is 17.3 Å². The molecule has 2 aromatic rings. The van der Waals surface area contributed by atoms with E-state index in [1.807, 2.05) is 17.0 Å². The van der Waals surface area contributed by atoms with Crippen LogP contribution in [0, 0.1) is 46.8 Å². The van der Waals surface area contributed by atoms with E-state index in [2.05, 4.69) is 21.7 Å². The Morgan fingerprint density at radius 2 is 1.87 bits per heavy atom. The van der Waals surface area contributed by atoms with E-state index in [1.165, 1.54) is 32.1 Å². The van der Waals surface area contributed by atoms with Gasteiger partial charge in [-0.3, -0.25) is 18.9 Å². The van der Waals surface area contributed by atoms with Crippen molar-refractivity contribution in [1.82, 2.24) is 19.2 Å². The van der Waals surface area contributed by atoms with Gasteiger partial charge in [-0.25, -0.2) is 4.98 Å². The zero-order valence-electron chi connectivity index (χ0n) is 22.7. The fraction of sp³-hybridized carbons (Fsp3) is 0.656. The molecule has 6 fully saturated rings. The van der Waals surface area contributed by atoms with Crippen LogP contribution in [0.25, 0.3) is 5.65 Å². The molecule has 2 saturated heterocycles. The van der Waals surface area contributed by atoms with Gasteiger partial charge in [-0.1, -0.05) is 12.0 Å². The number of aromatic nitrogens is 2. The molecule has 2 aliphatic heterocycles. The summed E-state index contributed by atoms with van der Waals surface area (Å²) in [4.78, 5) is 35.5. The summed E-state index contributed by atoms with van der Waals surface area (Å²) in [6, 6.07) is 6.04.